The van der Waals surface area contributed by atoms with Crippen LogP contribution in [0.4, 0.5) is 0 Å². The van der Waals surface area contributed by atoms with Crippen molar-refractivity contribution in [3.63, 3.8) is 0 Å². The highest BCUT2D eigenvalue weighted by atomic mass is 32.2. The Kier molecular flexibility index (Phi) is 2.96. The minimum Gasteiger partial charge on any atom is -0.316 e. The van der Waals surface area contributed by atoms with Gasteiger partial charge in [-0.3, -0.25) is 0 Å². The third-order valence-corrected chi connectivity index (χ3v) is 2.48. The smallest absolute Gasteiger partial charge is 0.0544 e. The van der Waals surface area contributed by atoms with E-state index in [0.717, 1.165) is 11.7 Å². The van der Waals surface area contributed by atoms with E-state index < -0.39 is 0 Å². The Hall–Kier alpha value is -0.130. The third-order valence-electron chi connectivity index (χ3n) is 1.40. The highest BCUT2D eigenvalue weighted by molar-refractivity contribution is 7.99. The molecule has 0 aliphatic carbocycles. The fraction of sp³-hybridized carbons (Fsp3) is 0.714. The predicted octanol–water partition coefficient (Wildman–Crippen LogP) is 0.572. The van der Waals surface area contributed by atoms with E-state index >= 15 is 0 Å². The molecule has 1 nitrogen and oxygen atoms in total. The summed E-state index contributed by atoms with van der Waals surface area (Å²) in [5, 5.41) is 3.22. The second-order valence-corrected chi connectivity index (χ2v) is 3.27. The van der Waals surface area contributed by atoms with Crippen LogP contribution >= 0.6 is 11.8 Å². The summed E-state index contributed by atoms with van der Waals surface area (Å²) in [6.45, 7) is 2.38. The number of terminal acetylenes is 1. The first-order valence-corrected chi connectivity index (χ1v) is 4.31. The summed E-state index contributed by atoms with van der Waals surface area (Å²) in [4.78, 5) is 0. The Bertz CT molecular complexity index is 113. The van der Waals surface area contributed by atoms with Crippen LogP contribution in [0.5, 0.6) is 0 Å². The maximum Gasteiger partial charge on any atom is 0.0544 e. The van der Waals surface area contributed by atoms with Gasteiger partial charge >= 0.3 is 0 Å². The van der Waals surface area contributed by atoms with E-state index in [-0.39, 0.29) is 0 Å². The SMILES string of the molecule is C#CCSCC1CNC1. The Morgan fingerprint density at radius 1 is 1.67 bits per heavy atom. The predicted molar refractivity (Wildman–Crippen MR) is 42.5 cm³/mol. The van der Waals surface area contributed by atoms with E-state index in [2.05, 4.69) is 11.2 Å². The van der Waals surface area contributed by atoms with Gasteiger partial charge in [-0.2, -0.15) is 0 Å². The highest BCUT2D eigenvalue weighted by Gasteiger charge is 2.15. The Balaban J connectivity index is 1.87. The van der Waals surface area contributed by atoms with Crippen LogP contribution in [0.1, 0.15) is 0 Å². The van der Waals surface area contributed by atoms with Crippen LogP contribution in [-0.2, 0) is 0 Å². The molecule has 0 saturated carbocycles. The molecule has 0 bridgehead atoms. The lowest BCUT2D eigenvalue weighted by atomic mass is 10.1. The molecular formula is C7H11NS. The van der Waals surface area contributed by atoms with Gasteiger partial charge < -0.3 is 5.32 Å². The summed E-state index contributed by atoms with van der Waals surface area (Å²) in [6.07, 6.45) is 5.09. The second kappa shape index (κ2) is 3.81. The molecule has 0 spiro atoms. The fourth-order valence-electron chi connectivity index (χ4n) is 0.751. The van der Waals surface area contributed by atoms with Crippen LogP contribution < -0.4 is 5.32 Å². The first kappa shape index (κ1) is 6.98. The molecule has 0 aromatic carbocycles. The normalized spacial score (nSPS) is 18.6. The lowest BCUT2D eigenvalue weighted by Gasteiger charge is -2.26. The Morgan fingerprint density at radius 3 is 2.89 bits per heavy atom. The molecule has 2 heteroatoms. The van der Waals surface area contributed by atoms with E-state index in [4.69, 9.17) is 6.42 Å². The fourth-order valence-corrected chi connectivity index (χ4v) is 1.56. The van der Waals surface area contributed by atoms with Gasteiger partial charge in [-0.15, -0.1) is 18.2 Å². The summed E-state index contributed by atoms with van der Waals surface area (Å²) < 4.78 is 0. The highest BCUT2D eigenvalue weighted by Crippen LogP contribution is 2.10. The molecule has 0 unspecified atom stereocenters. The van der Waals surface area contributed by atoms with Gasteiger partial charge in [0.1, 0.15) is 0 Å². The Morgan fingerprint density at radius 2 is 2.44 bits per heavy atom. The van der Waals surface area contributed by atoms with Crippen LogP contribution in [0.25, 0.3) is 0 Å². The van der Waals surface area contributed by atoms with E-state index in [1.807, 2.05) is 11.8 Å². The number of thioether (sulfide) groups is 1. The number of hydrogen-bond acceptors (Lipinski definition) is 2. The molecule has 1 rings (SSSR count). The van der Waals surface area contributed by atoms with E-state index in [0.29, 0.717) is 0 Å². The van der Waals surface area contributed by atoms with Crippen molar-refractivity contribution in [2.45, 2.75) is 0 Å². The molecular weight excluding hydrogens is 130 g/mol. The van der Waals surface area contributed by atoms with E-state index in [9.17, 15) is 0 Å². The van der Waals surface area contributed by atoms with Crippen molar-refractivity contribution in [1.82, 2.24) is 5.32 Å². The minimum absolute atomic E-state index is 0.872. The zero-order valence-electron chi connectivity index (χ0n) is 5.39. The Labute approximate surface area is 60.6 Å². The van der Waals surface area contributed by atoms with Gasteiger partial charge in [0.2, 0.25) is 0 Å². The molecule has 1 aliphatic heterocycles. The van der Waals surface area contributed by atoms with Gasteiger partial charge in [-0.25, -0.2) is 0 Å². The van der Waals surface area contributed by atoms with E-state index in [1.165, 1.54) is 18.8 Å². The third kappa shape index (κ3) is 2.30. The van der Waals surface area contributed by atoms with Crippen LogP contribution in [0, 0.1) is 18.3 Å². The van der Waals surface area contributed by atoms with Gasteiger partial charge in [0, 0.05) is 0 Å². The minimum atomic E-state index is 0.872. The van der Waals surface area contributed by atoms with E-state index in [1.54, 1.807) is 0 Å². The standard InChI is InChI=1S/C7H11NS/c1-2-3-9-6-7-4-8-5-7/h1,7-8H,3-6H2. The summed E-state index contributed by atoms with van der Waals surface area (Å²) in [7, 11) is 0. The summed E-state index contributed by atoms with van der Waals surface area (Å²) >= 11 is 1.86. The number of nitrogens with one attached hydrogen (secondary N) is 1. The van der Waals surface area contributed by atoms with Crippen molar-refractivity contribution >= 4 is 11.8 Å². The molecule has 1 fully saturated rings. The topological polar surface area (TPSA) is 12.0 Å². The quantitative estimate of drug-likeness (QED) is 0.455. The van der Waals surface area contributed by atoms with Gasteiger partial charge in [-0.05, 0) is 24.8 Å². The lowest BCUT2D eigenvalue weighted by Crippen LogP contribution is -2.43. The molecule has 50 valence electrons. The molecule has 0 aromatic rings. The van der Waals surface area contributed by atoms with Crippen molar-refractivity contribution < 1.29 is 0 Å². The van der Waals surface area contributed by atoms with Gasteiger partial charge in [0.05, 0.1) is 5.75 Å². The van der Waals surface area contributed by atoms with Crippen molar-refractivity contribution in [3.8, 4) is 12.3 Å². The summed E-state index contributed by atoms with van der Waals surface area (Å²) in [6, 6.07) is 0. The van der Waals surface area contributed by atoms with Crippen LogP contribution in [0.3, 0.4) is 0 Å². The summed E-state index contributed by atoms with van der Waals surface area (Å²) in [5.41, 5.74) is 0. The molecule has 0 radical (unpaired) electrons. The van der Waals surface area contributed by atoms with Crippen molar-refractivity contribution in [1.29, 1.82) is 0 Å². The molecule has 1 saturated heterocycles. The zero-order chi connectivity index (χ0) is 6.53. The molecule has 0 aromatic heterocycles. The summed E-state index contributed by atoms with van der Waals surface area (Å²) in [5.74, 6) is 5.61. The molecule has 0 atom stereocenters. The second-order valence-electron chi connectivity index (χ2n) is 2.24. The van der Waals surface area contributed by atoms with Crippen molar-refractivity contribution in [2.24, 2.45) is 5.92 Å². The molecule has 1 heterocycles. The first-order chi connectivity index (χ1) is 4.43. The van der Waals surface area contributed by atoms with Gasteiger partial charge in [0.15, 0.2) is 0 Å². The van der Waals surface area contributed by atoms with Crippen LogP contribution in [0.15, 0.2) is 0 Å². The van der Waals surface area contributed by atoms with Gasteiger partial charge in [-0.1, -0.05) is 5.92 Å². The number of rotatable bonds is 3. The average molecular weight is 141 g/mol. The van der Waals surface area contributed by atoms with Gasteiger partial charge in [0.25, 0.3) is 0 Å². The maximum atomic E-state index is 5.09. The molecule has 0 amide bonds. The van der Waals surface area contributed by atoms with Crippen LogP contribution in [0.2, 0.25) is 0 Å². The molecule has 1 N–H and O–H groups in total. The van der Waals surface area contributed by atoms with Crippen LogP contribution in [-0.4, -0.2) is 24.6 Å². The maximum absolute atomic E-state index is 5.09. The lowest BCUT2D eigenvalue weighted by molar-refractivity contribution is 0.385. The first-order valence-electron chi connectivity index (χ1n) is 3.15. The largest absolute Gasteiger partial charge is 0.316 e. The van der Waals surface area contributed by atoms with Crippen molar-refractivity contribution in [2.75, 3.05) is 24.6 Å². The zero-order valence-corrected chi connectivity index (χ0v) is 6.21. The average Bonchev–Trinajstić information content (AvgIpc) is 1.76. The van der Waals surface area contributed by atoms with Crippen molar-refractivity contribution in [3.05, 3.63) is 0 Å². The molecule has 9 heavy (non-hydrogen) atoms. The molecule has 1 aliphatic rings. The number of hydrogen-bond donors (Lipinski definition) is 1. The monoisotopic (exact) mass is 141 g/mol.